The standard InChI is InChI=1S/C10H11NO6S/c1-16-6-3-5-4-7(12)11-18(14,15)10(5)9(17-2)8(6)13/h3,13H,4H2,1-2H3,(H,11,12). The van der Waals surface area contributed by atoms with E-state index in [4.69, 9.17) is 9.47 Å². The van der Waals surface area contributed by atoms with E-state index in [1.54, 1.807) is 0 Å². The number of sulfonamides is 1. The van der Waals surface area contributed by atoms with E-state index < -0.39 is 21.7 Å². The fourth-order valence-corrected chi connectivity index (χ4v) is 3.21. The van der Waals surface area contributed by atoms with E-state index in [1.807, 2.05) is 4.72 Å². The van der Waals surface area contributed by atoms with E-state index in [2.05, 4.69) is 0 Å². The maximum Gasteiger partial charge on any atom is 0.268 e. The van der Waals surface area contributed by atoms with Gasteiger partial charge in [-0.05, 0) is 11.6 Å². The van der Waals surface area contributed by atoms with Crippen LogP contribution in [0.3, 0.4) is 0 Å². The van der Waals surface area contributed by atoms with Crippen LogP contribution < -0.4 is 14.2 Å². The molecule has 2 N–H and O–H groups in total. The molecule has 1 aliphatic heterocycles. The predicted octanol–water partition coefficient (Wildman–Crippen LogP) is -0.230. The Balaban J connectivity index is 2.83. The molecule has 0 spiro atoms. The fraction of sp³-hybridized carbons (Fsp3) is 0.300. The Bertz CT molecular complexity index is 622. The van der Waals surface area contributed by atoms with Gasteiger partial charge in [0, 0.05) is 0 Å². The molecule has 1 aromatic rings. The number of rotatable bonds is 2. The zero-order valence-corrected chi connectivity index (χ0v) is 10.5. The molecule has 8 heteroatoms. The Morgan fingerprint density at radius 3 is 2.56 bits per heavy atom. The Kier molecular flexibility index (Phi) is 2.81. The highest BCUT2D eigenvalue weighted by molar-refractivity contribution is 7.90. The van der Waals surface area contributed by atoms with Gasteiger partial charge in [-0.2, -0.15) is 0 Å². The minimum atomic E-state index is -4.02. The van der Waals surface area contributed by atoms with Crippen molar-refractivity contribution in [3.8, 4) is 17.2 Å². The van der Waals surface area contributed by atoms with Crippen molar-refractivity contribution in [3.63, 3.8) is 0 Å². The molecule has 0 bridgehead atoms. The number of fused-ring (bicyclic) bond motifs is 1. The van der Waals surface area contributed by atoms with E-state index in [0.29, 0.717) is 0 Å². The number of nitrogens with one attached hydrogen (secondary N) is 1. The largest absolute Gasteiger partial charge is 0.502 e. The van der Waals surface area contributed by atoms with Crippen molar-refractivity contribution in [2.45, 2.75) is 11.3 Å². The third kappa shape index (κ3) is 1.74. The van der Waals surface area contributed by atoms with Crippen LogP contribution in [0.2, 0.25) is 0 Å². The Morgan fingerprint density at radius 2 is 2.00 bits per heavy atom. The molecule has 0 fully saturated rings. The molecule has 1 heterocycles. The minimum Gasteiger partial charge on any atom is -0.502 e. The number of carbonyl (C=O) groups is 1. The summed E-state index contributed by atoms with van der Waals surface area (Å²) in [7, 11) is -1.48. The normalized spacial score (nSPS) is 16.7. The summed E-state index contributed by atoms with van der Waals surface area (Å²) in [6.07, 6.45) is -0.123. The third-order valence-electron chi connectivity index (χ3n) is 2.54. The fourth-order valence-electron chi connectivity index (χ4n) is 1.84. The Labute approximate surface area is 103 Å². The number of ether oxygens (including phenoxy) is 2. The predicted molar refractivity (Wildman–Crippen MR) is 60.2 cm³/mol. The molecule has 0 radical (unpaired) electrons. The lowest BCUT2D eigenvalue weighted by Crippen LogP contribution is -2.37. The molecule has 1 amide bonds. The molecule has 0 atom stereocenters. The first kappa shape index (κ1) is 12.5. The number of hydrogen-bond acceptors (Lipinski definition) is 6. The molecular weight excluding hydrogens is 262 g/mol. The van der Waals surface area contributed by atoms with Crippen LogP contribution in [0.15, 0.2) is 11.0 Å². The van der Waals surface area contributed by atoms with Crippen LogP contribution in [0.4, 0.5) is 0 Å². The second kappa shape index (κ2) is 4.05. The lowest BCUT2D eigenvalue weighted by atomic mass is 10.1. The third-order valence-corrected chi connectivity index (χ3v) is 4.03. The molecule has 7 nitrogen and oxygen atoms in total. The van der Waals surface area contributed by atoms with Gasteiger partial charge in [-0.3, -0.25) is 4.79 Å². The SMILES string of the molecule is COc1cc2c(c(OC)c1O)S(=O)(=O)NC(=O)C2. The minimum absolute atomic E-state index is 0.0514. The molecule has 0 saturated carbocycles. The van der Waals surface area contributed by atoms with Crippen LogP contribution in [0.25, 0.3) is 0 Å². The first-order chi connectivity index (χ1) is 8.40. The molecule has 0 aliphatic carbocycles. The number of methoxy groups -OCH3 is 2. The Morgan fingerprint density at radius 1 is 1.33 bits per heavy atom. The molecule has 18 heavy (non-hydrogen) atoms. The molecular formula is C10H11NO6S. The summed E-state index contributed by atoms with van der Waals surface area (Å²) in [5.74, 6) is -1.24. The van der Waals surface area contributed by atoms with E-state index in [9.17, 15) is 18.3 Å². The number of phenolic OH excluding ortho intramolecular Hbond substituents is 1. The number of amides is 1. The molecule has 98 valence electrons. The van der Waals surface area contributed by atoms with Crippen LogP contribution in [-0.2, 0) is 21.2 Å². The van der Waals surface area contributed by atoms with Crippen molar-refractivity contribution in [1.29, 1.82) is 0 Å². The van der Waals surface area contributed by atoms with Crippen molar-refractivity contribution in [1.82, 2.24) is 4.72 Å². The highest BCUT2D eigenvalue weighted by Gasteiger charge is 2.34. The monoisotopic (exact) mass is 273 g/mol. The Hall–Kier alpha value is -1.96. The number of benzene rings is 1. The van der Waals surface area contributed by atoms with Gasteiger partial charge in [-0.15, -0.1) is 0 Å². The number of aromatic hydroxyl groups is 1. The van der Waals surface area contributed by atoms with E-state index in [1.165, 1.54) is 20.3 Å². The summed E-state index contributed by atoms with van der Waals surface area (Å²) in [4.78, 5) is 11.1. The van der Waals surface area contributed by atoms with Crippen molar-refractivity contribution in [2.75, 3.05) is 14.2 Å². The smallest absolute Gasteiger partial charge is 0.268 e. The summed E-state index contributed by atoms with van der Waals surface area (Å²) in [6.45, 7) is 0. The number of hydrogen-bond donors (Lipinski definition) is 2. The maximum atomic E-state index is 11.9. The maximum absolute atomic E-state index is 11.9. The van der Waals surface area contributed by atoms with Crippen molar-refractivity contribution < 1.29 is 27.8 Å². The second-order valence-corrected chi connectivity index (χ2v) is 5.27. The van der Waals surface area contributed by atoms with Gasteiger partial charge < -0.3 is 14.6 Å². The van der Waals surface area contributed by atoms with Gasteiger partial charge in [0.05, 0.1) is 20.6 Å². The van der Waals surface area contributed by atoms with Gasteiger partial charge >= 0.3 is 0 Å². The van der Waals surface area contributed by atoms with Gasteiger partial charge in [0.2, 0.25) is 11.7 Å². The van der Waals surface area contributed by atoms with Gasteiger partial charge in [0.15, 0.2) is 11.5 Å². The molecule has 0 unspecified atom stereocenters. The second-order valence-electron chi connectivity index (χ2n) is 3.65. The lowest BCUT2D eigenvalue weighted by molar-refractivity contribution is -0.118. The van der Waals surface area contributed by atoms with E-state index in [-0.39, 0.29) is 28.4 Å². The molecule has 0 saturated heterocycles. The highest BCUT2D eigenvalue weighted by atomic mass is 32.2. The topological polar surface area (TPSA) is 102 Å². The molecule has 2 rings (SSSR count). The average molecular weight is 273 g/mol. The highest BCUT2D eigenvalue weighted by Crippen LogP contribution is 2.44. The van der Waals surface area contributed by atoms with E-state index >= 15 is 0 Å². The van der Waals surface area contributed by atoms with Crippen LogP contribution in [0.5, 0.6) is 17.2 Å². The molecule has 1 aromatic carbocycles. The zero-order valence-electron chi connectivity index (χ0n) is 9.68. The zero-order chi connectivity index (χ0) is 13.5. The number of phenols is 1. The quantitative estimate of drug-likeness (QED) is 0.771. The summed E-state index contributed by atoms with van der Waals surface area (Å²) < 4.78 is 35.4. The first-order valence-corrected chi connectivity index (χ1v) is 6.41. The van der Waals surface area contributed by atoms with Crippen molar-refractivity contribution in [2.24, 2.45) is 0 Å². The molecule has 0 aromatic heterocycles. The summed E-state index contributed by atoms with van der Waals surface area (Å²) in [6, 6.07) is 1.31. The van der Waals surface area contributed by atoms with Crippen molar-refractivity contribution in [3.05, 3.63) is 11.6 Å². The lowest BCUT2D eigenvalue weighted by Gasteiger charge is -2.21. The van der Waals surface area contributed by atoms with Crippen LogP contribution in [0, 0.1) is 0 Å². The summed E-state index contributed by atoms with van der Waals surface area (Å²) >= 11 is 0. The van der Waals surface area contributed by atoms with Crippen LogP contribution in [0.1, 0.15) is 5.56 Å². The van der Waals surface area contributed by atoms with Crippen LogP contribution in [-0.4, -0.2) is 33.7 Å². The van der Waals surface area contributed by atoms with Gasteiger partial charge in [0.1, 0.15) is 4.90 Å². The average Bonchev–Trinajstić information content (AvgIpc) is 2.28. The molecule has 1 aliphatic rings. The number of carbonyl (C=O) groups excluding carboxylic acids is 1. The van der Waals surface area contributed by atoms with Crippen molar-refractivity contribution >= 4 is 15.9 Å². The van der Waals surface area contributed by atoms with Gasteiger partial charge in [-0.1, -0.05) is 0 Å². The summed E-state index contributed by atoms with van der Waals surface area (Å²) in [5, 5.41) is 9.82. The van der Waals surface area contributed by atoms with E-state index in [0.717, 1.165) is 0 Å². The summed E-state index contributed by atoms with van der Waals surface area (Å²) in [5.41, 5.74) is 0.227. The van der Waals surface area contributed by atoms with Crippen LogP contribution >= 0.6 is 0 Å². The van der Waals surface area contributed by atoms with Gasteiger partial charge in [-0.25, -0.2) is 13.1 Å². The first-order valence-electron chi connectivity index (χ1n) is 4.93. The van der Waals surface area contributed by atoms with Gasteiger partial charge in [0.25, 0.3) is 10.0 Å².